The Labute approximate surface area is 295 Å². The molecule has 0 amide bonds. The van der Waals surface area contributed by atoms with Crippen LogP contribution in [-0.4, -0.2) is 74.1 Å². The van der Waals surface area contributed by atoms with Crippen LogP contribution >= 0.6 is 0 Å². The molecule has 0 fully saturated rings. The Morgan fingerprint density at radius 3 is 2.14 bits per heavy atom. The minimum absolute atomic E-state index is 0.0892. The molecule has 2 aliphatic heterocycles. The Morgan fingerprint density at radius 1 is 0.900 bits per heavy atom. The lowest BCUT2D eigenvalue weighted by Crippen LogP contribution is -2.30. The van der Waals surface area contributed by atoms with E-state index in [1.165, 1.54) is 24.3 Å². The highest BCUT2D eigenvalue weighted by Crippen LogP contribution is 2.51. The molecule has 0 saturated heterocycles. The van der Waals surface area contributed by atoms with Gasteiger partial charge in [-0.1, -0.05) is 36.8 Å². The number of carboxylic acids is 1. The number of nitrogens with zero attached hydrogens (tertiary/aromatic N) is 2. The number of methoxy groups -OCH3 is 1. The molecule has 4 rings (SSSR count). The highest BCUT2D eigenvalue weighted by atomic mass is 32.2. The number of rotatable bonds is 16. The number of carboxylic acid groups (broad SMARTS) is 1. The second-order valence-electron chi connectivity index (χ2n) is 13.1. The van der Waals surface area contributed by atoms with E-state index in [1.54, 1.807) is 19.2 Å². The number of anilines is 1. The van der Waals surface area contributed by atoms with Crippen LogP contribution in [0.1, 0.15) is 70.9 Å². The zero-order chi connectivity index (χ0) is 36.9. The van der Waals surface area contributed by atoms with Gasteiger partial charge in [-0.25, -0.2) is 16.8 Å². The fourth-order valence-corrected chi connectivity index (χ4v) is 7.85. The quantitative estimate of drug-likeness (QED) is 0.0952. The zero-order valence-corrected chi connectivity index (χ0v) is 30.7. The normalized spacial score (nSPS) is 19.8. The van der Waals surface area contributed by atoms with Gasteiger partial charge in [-0.3, -0.25) is 4.79 Å². The molecule has 2 aromatic rings. The molecule has 0 saturated carbocycles. The molecular weight excluding hydrogens is 681 g/mol. The van der Waals surface area contributed by atoms with Crippen molar-refractivity contribution < 1.29 is 45.2 Å². The fraction of sp³-hybridized carbons (Fsp3) is 0.405. The molecule has 0 bridgehead atoms. The maximum Gasteiger partial charge on any atom is 0.303 e. The molecule has 0 spiro atoms. The third-order valence-corrected chi connectivity index (χ3v) is 11.2. The van der Waals surface area contributed by atoms with Gasteiger partial charge in [0.25, 0.3) is 0 Å². The van der Waals surface area contributed by atoms with Gasteiger partial charge in [0.15, 0.2) is 5.71 Å². The Kier molecular flexibility index (Phi) is 12.1. The number of hydrogen-bond donors (Lipinski definition) is 1. The second kappa shape index (κ2) is 15.6. The van der Waals surface area contributed by atoms with Gasteiger partial charge in [-0.2, -0.15) is 4.58 Å². The summed E-state index contributed by atoms with van der Waals surface area (Å²) in [6.07, 6.45) is 15.9. The first-order valence-corrected chi connectivity index (χ1v) is 19.3. The SMILES string of the molecule is CC[N+]1=C(C=CC=CC=CC=C2N(CCCCCC(=O)O)c3ccc(S(=O)(=O)[O-])cc3C2(C)CCOC)C(C)(C)c2cc(S(=O)(=O)[O-])ccc21. The molecule has 11 nitrogen and oxygen atoms in total. The summed E-state index contributed by atoms with van der Waals surface area (Å²) in [6.45, 7) is 9.61. The van der Waals surface area contributed by atoms with E-state index in [9.17, 15) is 30.7 Å². The molecular formula is C37H45N2O9S2-. The lowest BCUT2D eigenvalue weighted by atomic mass is 9.78. The van der Waals surface area contributed by atoms with Crippen LogP contribution in [0.4, 0.5) is 11.4 Å². The van der Waals surface area contributed by atoms with Crippen molar-refractivity contribution in [1.29, 1.82) is 0 Å². The first kappa shape index (κ1) is 38.9. The van der Waals surface area contributed by atoms with E-state index in [0.29, 0.717) is 50.9 Å². The molecule has 0 radical (unpaired) electrons. The summed E-state index contributed by atoms with van der Waals surface area (Å²) in [5, 5.41) is 9.03. The molecule has 1 atom stereocenters. The summed E-state index contributed by atoms with van der Waals surface area (Å²) >= 11 is 0. The molecule has 0 aliphatic carbocycles. The molecule has 270 valence electrons. The lowest BCUT2D eigenvalue weighted by molar-refractivity contribution is -0.433. The summed E-state index contributed by atoms with van der Waals surface area (Å²) in [7, 11) is -7.67. The molecule has 2 aromatic carbocycles. The lowest BCUT2D eigenvalue weighted by Gasteiger charge is -2.30. The van der Waals surface area contributed by atoms with Crippen LogP contribution in [0.15, 0.2) is 94.4 Å². The number of carbonyl (C=O) groups is 1. The number of benzene rings is 2. The highest BCUT2D eigenvalue weighted by Gasteiger charge is 2.45. The average molecular weight is 726 g/mol. The van der Waals surface area contributed by atoms with Crippen molar-refractivity contribution in [3.63, 3.8) is 0 Å². The second-order valence-corrected chi connectivity index (χ2v) is 15.9. The third kappa shape index (κ3) is 8.35. The van der Waals surface area contributed by atoms with Gasteiger partial charge >= 0.3 is 5.97 Å². The van der Waals surface area contributed by atoms with Gasteiger partial charge in [0.2, 0.25) is 5.69 Å². The van der Waals surface area contributed by atoms with Gasteiger partial charge in [-0.05, 0) is 88.9 Å². The number of hydrogen-bond acceptors (Lipinski definition) is 9. The van der Waals surface area contributed by atoms with E-state index in [-0.39, 0.29) is 16.2 Å². The van der Waals surface area contributed by atoms with Crippen LogP contribution in [0, 0.1) is 0 Å². The summed E-state index contributed by atoms with van der Waals surface area (Å²) in [6, 6.07) is 8.95. The number of aliphatic carboxylic acids is 1. The predicted octanol–water partition coefficient (Wildman–Crippen LogP) is 5.90. The van der Waals surface area contributed by atoms with E-state index in [0.717, 1.165) is 28.3 Å². The Balaban J connectivity index is 1.62. The molecule has 2 heterocycles. The van der Waals surface area contributed by atoms with Crippen LogP contribution in [0.3, 0.4) is 0 Å². The fourth-order valence-electron chi connectivity index (χ4n) is 6.86. The molecule has 13 heteroatoms. The number of fused-ring (bicyclic) bond motifs is 2. The van der Waals surface area contributed by atoms with Crippen molar-refractivity contribution in [2.24, 2.45) is 0 Å². The number of ether oxygens (including phenoxy) is 1. The average Bonchev–Trinajstić information content (AvgIpc) is 3.40. The minimum atomic E-state index is -4.68. The van der Waals surface area contributed by atoms with Crippen molar-refractivity contribution >= 4 is 43.3 Å². The van der Waals surface area contributed by atoms with Crippen LogP contribution in [0.25, 0.3) is 0 Å². The summed E-state index contributed by atoms with van der Waals surface area (Å²) in [5.41, 5.74) is 3.80. The van der Waals surface area contributed by atoms with Crippen LogP contribution in [0.2, 0.25) is 0 Å². The molecule has 1 unspecified atom stereocenters. The van der Waals surface area contributed by atoms with Gasteiger partial charge < -0.3 is 23.8 Å². The highest BCUT2D eigenvalue weighted by molar-refractivity contribution is 7.86. The van der Waals surface area contributed by atoms with E-state index in [2.05, 4.69) is 9.48 Å². The van der Waals surface area contributed by atoms with E-state index >= 15 is 0 Å². The Morgan fingerprint density at radius 2 is 1.52 bits per heavy atom. The van der Waals surface area contributed by atoms with Gasteiger partial charge in [0.1, 0.15) is 26.8 Å². The Hall–Kier alpha value is -3.88. The third-order valence-electron chi connectivity index (χ3n) is 9.50. The molecule has 1 N–H and O–H groups in total. The van der Waals surface area contributed by atoms with Gasteiger partial charge in [-0.15, -0.1) is 0 Å². The first-order chi connectivity index (χ1) is 23.5. The van der Waals surface area contributed by atoms with Crippen molar-refractivity contribution in [2.45, 2.75) is 80.4 Å². The monoisotopic (exact) mass is 725 g/mol. The summed E-state index contributed by atoms with van der Waals surface area (Å²) in [4.78, 5) is 12.6. The summed E-state index contributed by atoms with van der Waals surface area (Å²) < 4.78 is 78.5. The summed E-state index contributed by atoms with van der Waals surface area (Å²) in [5.74, 6) is -0.839. The topological polar surface area (TPSA) is 167 Å². The van der Waals surface area contributed by atoms with Crippen LogP contribution < -0.4 is 4.90 Å². The first-order valence-electron chi connectivity index (χ1n) is 16.5. The number of unbranched alkanes of at least 4 members (excludes halogenated alkanes) is 2. The van der Waals surface area contributed by atoms with E-state index in [1.807, 2.05) is 70.2 Å². The van der Waals surface area contributed by atoms with Gasteiger partial charge in [0.05, 0.1) is 15.2 Å². The Bertz CT molecular complexity index is 1990. The number of allylic oxidation sites excluding steroid dienone is 8. The standard InChI is InChI=1S/C37H46N2O9S2/c1-6-38-31-20-18-27(49(42,43)44)25-29(31)36(2,3)33(38)15-11-8-7-9-12-16-34-37(4,22-24-48-5)30-26-28(50(45,46)47)19-21-32(30)39(34)23-14-10-13-17-35(40)41/h7-9,11-12,15-16,18-21,25-26H,6,10,13-14,17,22-24H2,1-5H3,(H2-,40,41,42,43,44,45,46,47)/p-1. The van der Waals surface area contributed by atoms with Gasteiger partial charge in [0, 0.05) is 61.2 Å². The maximum atomic E-state index is 12.0. The maximum absolute atomic E-state index is 12.0. The van der Waals surface area contributed by atoms with E-state index in [4.69, 9.17) is 9.84 Å². The van der Waals surface area contributed by atoms with Crippen LogP contribution in [0.5, 0.6) is 0 Å². The van der Waals surface area contributed by atoms with Crippen molar-refractivity contribution in [3.8, 4) is 0 Å². The van der Waals surface area contributed by atoms with Crippen LogP contribution in [-0.2, 0) is 40.6 Å². The molecule has 2 aliphatic rings. The van der Waals surface area contributed by atoms with Crippen molar-refractivity contribution in [2.75, 3.05) is 31.7 Å². The largest absolute Gasteiger partial charge is 0.744 e. The van der Waals surface area contributed by atoms with E-state index < -0.39 is 37.0 Å². The smallest absolute Gasteiger partial charge is 0.303 e. The van der Waals surface area contributed by atoms with Crippen molar-refractivity contribution in [3.05, 3.63) is 95.8 Å². The molecule has 50 heavy (non-hydrogen) atoms. The molecule has 0 aromatic heterocycles. The zero-order valence-electron chi connectivity index (χ0n) is 29.1. The van der Waals surface area contributed by atoms with Crippen molar-refractivity contribution in [1.82, 2.24) is 0 Å². The minimum Gasteiger partial charge on any atom is -0.744 e. The predicted molar refractivity (Wildman–Crippen MR) is 190 cm³/mol.